The van der Waals surface area contributed by atoms with Gasteiger partial charge in [0.2, 0.25) is 0 Å². The van der Waals surface area contributed by atoms with Crippen molar-refractivity contribution in [2.75, 3.05) is 13.1 Å². The standard InChI is InChI=1S/C16H25FN2/c1-3-9-19(11-13-7-8-13)16(12(2)18)14-5-4-6-15(17)10-14/h4-6,10,12-13,16H,3,7-9,11,18H2,1-2H3. The van der Waals surface area contributed by atoms with Crippen LogP contribution in [0.4, 0.5) is 4.39 Å². The van der Waals surface area contributed by atoms with E-state index in [1.807, 2.05) is 13.0 Å². The molecule has 1 saturated carbocycles. The van der Waals surface area contributed by atoms with Crippen molar-refractivity contribution in [1.82, 2.24) is 4.90 Å². The topological polar surface area (TPSA) is 29.3 Å². The molecule has 1 aliphatic carbocycles. The van der Waals surface area contributed by atoms with E-state index in [0.29, 0.717) is 0 Å². The van der Waals surface area contributed by atoms with Crippen molar-refractivity contribution in [2.45, 2.75) is 45.2 Å². The number of nitrogens with two attached hydrogens (primary N) is 1. The first-order valence-electron chi connectivity index (χ1n) is 7.37. The van der Waals surface area contributed by atoms with Crippen LogP contribution in [0.5, 0.6) is 0 Å². The Kier molecular flexibility index (Phi) is 4.94. The number of rotatable bonds is 7. The van der Waals surface area contributed by atoms with Crippen LogP contribution in [0.1, 0.15) is 44.7 Å². The minimum absolute atomic E-state index is 0.00657. The minimum Gasteiger partial charge on any atom is -0.326 e. The Labute approximate surface area is 115 Å². The molecular formula is C16H25FN2. The van der Waals surface area contributed by atoms with E-state index in [1.54, 1.807) is 12.1 Å². The van der Waals surface area contributed by atoms with Crippen LogP contribution in [0, 0.1) is 11.7 Å². The number of hydrogen-bond donors (Lipinski definition) is 1. The predicted molar refractivity (Wildman–Crippen MR) is 77.4 cm³/mol. The zero-order valence-corrected chi connectivity index (χ0v) is 12.0. The number of halogens is 1. The Hall–Kier alpha value is -0.930. The summed E-state index contributed by atoms with van der Waals surface area (Å²) in [6, 6.07) is 7.02. The minimum atomic E-state index is -0.175. The van der Waals surface area contributed by atoms with E-state index in [0.717, 1.165) is 31.0 Å². The van der Waals surface area contributed by atoms with E-state index in [4.69, 9.17) is 5.73 Å². The molecule has 0 amide bonds. The largest absolute Gasteiger partial charge is 0.326 e. The molecule has 1 aromatic rings. The van der Waals surface area contributed by atoms with Crippen LogP contribution in [0.2, 0.25) is 0 Å². The summed E-state index contributed by atoms with van der Waals surface area (Å²) in [5.41, 5.74) is 7.19. The Bertz CT molecular complexity index is 401. The summed E-state index contributed by atoms with van der Waals surface area (Å²) in [6.45, 7) is 6.32. The molecule has 2 unspecified atom stereocenters. The van der Waals surface area contributed by atoms with Crippen molar-refractivity contribution in [1.29, 1.82) is 0 Å². The van der Waals surface area contributed by atoms with Gasteiger partial charge in [-0.05, 0) is 56.3 Å². The van der Waals surface area contributed by atoms with Crippen molar-refractivity contribution in [3.63, 3.8) is 0 Å². The molecule has 2 atom stereocenters. The van der Waals surface area contributed by atoms with Crippen LogP contribution in [0.15, 0.2) is 24.3 Å². The van der Waals surface area contributed by atoms with E-state index in [2.05, 4.69) is 11.8 Å². The summed E-state index contributed by atoms with van der Waals surface area (Å²) in [7, 11) is 0. The second-order valence-electron chi connectivity index (χ2n) is 5.80. The SMILES string of the molecule is CCCN(CC1CC1)C(c1cccc(F)c1)C(C)N. The number of benzene rings is 1. The molecule has 0 radical (unpaired) electrons. The van der Waals surface area contributed by atoms with Gasteiger partial charge in [-0.2, -0.15) is 0 Å². The van der Waals surface area contributed by atoms with Crippen LogP contribution in [-0.4, -0.2) is 24.0 Å². The monoisotopic (exact) mass is 264 g/mol. The van der Waals surface area contributed by atoms with Crippen LogP contribution < -0.4 is 5.73 Å². The van der Waals surface area contributed by atoms with E-state index >= 15 is 0 Å². The number of nitrogens with zero attached hydrogens (tertiary/aromatic N) is 1. The fourth-order valence-corrected chi connectivity index (χ4v) is 2.80. The quantitative estimate of drug-likeness (QED) is 0.818. The average Bonchev–Trinajstić information content (AvgIpc) is 3.13. The zero-order valence-electron chi connectivity index (χ0n) is 12.0. The van der Waals surface area contributed by atoms with Crippen molar-refractivity contribution in [3.05, 3.63) is 35.6 Å². The van der Waals surface area contributed by atoms with Crippen molar-refractivity contribution >= 4 is 0 Å². The van der Waals surface area contributed by atoms with Crippen LogP contribution >= 0.6 is 0 Å². The molecule has 0 aliphatic heterocycles. The Balaban J connectivity index is 2.20. The molecule has 106 valence electrons. The highest BCUT2D eigenvalue weighted by Gasteiger charge is 2.30. The van der Waals surface area contributed by atoms with Gasteiger partial charge in [0.15, 0.2) is 0 Å². The molecule has 3 heteroatoms. The van der Waals surface area contributed by atoms with E-state index in [1.165, 1.54) is 18.9 Å². The molecule has 0 aromatic heterocycles. The van der Waals surface area contributed by atoms with E-state index in [-0.39, 0.29) is 17.9 Å². The highest BCUT2D eigenvalue weighted by atomic mass is 19.1. The van der Waals surface area contributed by atoms with Gasteiger partial charge in [0.25, 0.3) is 0 Å². The maximum Gasteiger partial charge on any atom is 0.123 e. The molecular weight excluding hydrogens is 239 g/mol. The molecule has 1 fully saturated rings. The molecule has 2 N–H and O–H groups in total. The molecule has 0 saturated heterocycles. The normalized spacial score (nSPS) is 18.6. The lowest BCUT2D eigenvalue weighted by atomic mass is 9.98. The van der Waals surface area contributed by atoms with Crippen molar-refractivity contribution < 1.29 is 4.39 Å². The second-order valence-corrected chi connectivity index (χ2v) is 5.80. The van der Waals surface area contributed by atoms with Gasteiger partial charge < -0.3 is 5.73 Å². The predicted octanol–water partition coefficient (Wildman–Crippen LogP) is 3.34. The first kappa shape index (κ1) is 14.5. The molecule has 0 bridgehead atoms. The lowest BCUT2D eigenvalue weighted by molar-refractivity contribution is 0.168. The Morgan fingerprint density at radius 2 is 2.16 bits per heavy atom. The van der Waals surface area contributed by atoms with Gasteiger partial charge in [0.1, 0.15) is 5.82 Å². The maximum atomic E-state index is 13.5. The van der Waals surface area contributed by atoms with Gasteiger partial charge >= 0.3 is 0 Å². The third kappa shape index (κ3) is 4.02. The first-order chi connectivity index (χ1) is 9.11. The van der Waals surface area contributed by atoms with E-state index < -0.39 is 0 Å². The van der Waals surface area contributed by atoms with Gasteiger partial charge in [-0.1, -0.05) is 19.1 Å². The van der Waals surface area contributed by atoms with Gasteiger partial charge in [-0.15, -0.1) is 0 Å². The maximum absolute atomic E-state index is 13.5. The molecule has 2 rings (SSSR count). The van der Waals surface area contributed by atoms with Crippen molar-refractivity contribution in [3.8, 4) is 0 Å². The zero-order chi connectivity index (χ0) is 13.8. The molecule has 2 nitrogen and oxygen atoms in total. The summed E-state index contributed by atoms with van der Waals surface area (Å²) >= 11 is 0. The lowest BCUT2D eigenvalue weighted by Crippen LogP contribution is -2.41. The molecule has 0 spiro atoms. The van der Waals surface area contributed by atoms with Gasteiger partial charge in [-0.3, -0.25) is 4.90 Å². The first-order valence-corrected chi connectivity index (χ1v) is 7.37. The van der Waals surface area contributed by atoms with Crippen molar-refractivity contribution in [2.24, 2.45) is 11.7 Å². The van der Waals surface area contributed by atoms with Crippen LogP contribution in [-0.2, 0) is 0 Å². The smallest absolute Gasteiger partial charge is 0.123 e. The Morgan fingerprint density at radius 1 is 1.42 bits per heavy atom. The highest BCUT2D eigenvalue weighted by Crippen LogP contribution is 2.33. The Morgan fingerprint density at radius 3 is 2.68 bits per heavy atom. The summed E-state index contributed by atoms with van der Waals surface area (Å²) in [6.07, 6.45) is 3.76. The van der Waals surface area contributed by atoms with Gasteiger partial charge in [-0.25, -0.2) is 4.39 Å². The molecule has 19 heavy (non-hydrogen) atoms. The third-order valence-electron chi connectivity index (χ3n) is 3.78. The average molecular weight is 264 g/mol. The molecule has 0 heterocycles. The van der Waals surface area contributed by atoms with Crippen LogP contribution in [0.25, 0.3) is 0 Å². The van der Waals surface area contributed by atoms with Gasteiger partial charge in [0, 0.05) is 18.6 Å². The van der Waals surface area contributed by atoms with E-state index in [9.17, 15) is 4.39 Å². The van der Waals surface area contributed by atoms with Crippen LogP contribution in [0.3, 0.4) is 0 Å². The number of hydrogen-bond acceptors (Lipinski definition) is 2. The summed E-state index contributed by atoms with van der Waals surface area (Å²) in [5, 5.41) is 0. The molecule has 1 aromatic carbocycles. The fraction of sp³-hybridized carbons (Fsp3) is 0.625. The second kappa shape index (κ2) is 6.49. The fourth-order valence-electron chi connectivity index (χ4n) is 2.80. The highest BCUT2D eigenvalue weighted by molar-refractivity contribution is 5.22. The molecule has 1 aliphatic rings. The summed E-state index contributed by atoms with van der Waals surface area (Å²) < 4.78 is 13.5. The lowest BCUT2D eigenvalue weighted by Gasteiger charge is -2.34. The summed E-state index contributed by atoms with van der Waals surface area (Å²) in [5.74, 6) is 0.646. The van der Waals surface area contributed by atoms with Gasteiger partial charge in [0.05, 0.1) is 0 Å². The third-order valence-corrected chi connectivity index (χ3v) is 3.78. The summed E-state index contributed by atoms with van der Waals surface area (Å²) in [4.78, 5) is 2.44.